The number of rotatable bonds is 2. The van der Waals surface area contributed by atoms with Crippen molar-refractivity contribution in [2.24, 2.45) is 0 Å². The lowest BCUT2D eigenvalue weighted by Crippen LogP contribution is -2.41. The van der Waals surface area contributed by atoms with E-state index >= 15 is 0 Å². The molecule has 1 atom stereocenters. The van der Waals surface area contributed by atoms with Crippen molar-refractivity contribution in [1.82, 2.24) is 0 Å². The van der Waals surface area contributed by atoms with Crippen molar-refractivity contribution in [1.29, 1.82) is 0 Å². The van der Waals surface area contributed by atoms with Crippen LogP contribution in [0.4, 0.5) is 16.2 Å². The Bertz CT molecular complexity index is 499. The van der Waals surface area contributed by atoms with Gasteiger partial charge in [0.05, 0.1) is 13.2 Å². The Labute approximate surface area is 116 Å². The molecule has 3 rings (SSSR count). The first-order valence-electron chi connectivity index (χ1n) is 6.44. The minimum absolute atomic E-state index is 0.0533. The van der Waals surface area contributed by atoms with E-state index in [1.165, 1.54) is 4.90 Å². The number of morpholine rings is 1. The Morgan fingerprint density at radius 3 is 2.30 bits per heavy atom. The Kier molecular flexibility index (Phi) is 3.31. The number of carbonyl (C=O) groups excluding carboxylic acids is 2. The zero-order valence-electron chi connectivity index (χ0n) is 10.9. The van der Waals surface area contributed by atoms with Crippen LogP contribution in [0.3, 0.4) is 0 Å². The SMILES string of the molecule is [CH2][C@H]1CN(c2ccc(N3CCOCC3=O)cc2)C(=O)O1. The summed E-state index contributed by atoms with van der Waals surface area (Å²) in [7, 11) is 0. The van der Waals surface area contributed by atoms with Crippen LogP contribution in [0.15, 0.2) is 24.3 Å². The maximum atomic E-state index is 11.7. The maximum absolute atomic E-state index is 11.7. The highest BCUT2D eigenvalue weighted by atomic mass is 16.6. The molecule has 2 fully saturated rings. The average molecular weight is 275 g/mol. The predicted molar refractivity (Wildman–Crippen MR) is 72.6 cm³/mol. The Balaban J connectivity index is 1.77. The Morgan fingerprint density at radius 1 is 1.10 bits per heavy atom. The van der Waals surface area contributed by atoms with Gasteiger partial charge in [-0.3, -0.25) is 9.69 Å². The van der Waals surface area contributed by atoms with Gasteiger partial charge in [-0.05, 0) is 31.2 Å². The summed E-state index contributed by atoms with van der Waals surface area (Å²) in [6.07, 6.45) is -0.733. The van der Waals surface area contributed by atoms with E-state index in [1.807, 2.05) is 12.1 Å². The summed E-state index contributed by atoms with van der Waals surface area (Å²) in [6.45, 7) is 5.35. The number of anilines is 2. The molecule has 2 amide bonds. The van der Waals surface area contributed by atoms with Crippen molar-refractivity contribution in [3.8, 4) is 0 Å². The molecule has 0 saturated carbocycles. The molecule has 105 valence electrons. The fourth-order valence-corrected chi connectivity index (χ4v) is 2.34. The van der Waals surface area contributed by atoms with Crippen molar-refractivity contribution >= 4 is 23.4 Å². The van der Waals surface area contributed by atoms with Crippen molar-refractivity contribution in [2.75, 3.05) is 36.1 Å². The van der Waals surface area contributed by atoms with Crippen molar-refractivity contribution < 1.29 is 19.1 Å². The summed E-state index contributed by atoms with van der Waals surface area (Å²) in [4.78, 5) is 26.6. The molecule has 0 aromatic heterocycles. The first kappa shape index (κ1) is 12.9. The normalized spacial score (nSPS) is 23.1. The van der Waals surface area contributed by atoms with Gasteiger partial charge in [-0.25, -0.2) is 4.79 Å². The number of amides is 2. The Morgan fingerprint density at radius 2 is 1.75 bits per heavy atom. The summed E-state index contributed by atoms with van der Waals surface area (Å²) in [5.41, 5.74) is 1.55. The lowest BCUT2D eigenvalue weighted by molar-refractivity contribution is -0.125. The van der Waals surface area contributed by atoms with Crippen LogP contribution in [0.25, 0.3) is 0 Å². The van der Waals surface area contributed by atoms with Crippen molar-refractivity contribution in [3.05, 3.63) is 31.2 Å². The third-order valence-corrected chi connectivity index (χ3v) is 3.33. The highest BCUT2D eigenvalue weighted by Crippen LogP contribution is 2.25. The third-order valence-electron chi connectivity index (χ3n) is 3.33. The van der Waals surface area contributed by atoms with Crippen LogP contribution in [-0.4, -0.2) is 44.4 Å². The van der Waals surface area contributed by atoms with Crippen LogP contribution in [0, 0.1) is 6.92 Å². The molecule has 20 heavy (non-hydrogen) atoms. The molecule has 0 aliphatic carbocycles. The highest BCUT2D eigenvalue weighted by molar-refractivity contribution is 5.95. The fraction of sp³-hybridized carbons (Fsp3) is 0.357. The quantitative estimate of drug-likeness (QED) is 0.814. The van der Waals surface area contributed by atoms with Crippen LogP contribution in [-0.2, 0) is 14.3 Å². The maximum Gasteiger partial charge on any atom is 0.414 e. The topological polar surface area (TPSA) is 59.1 Å². The predicted octanol–water partition coefficient (Wildman–Crippen LogP) is 1.21. The van der Waals surface area contributed by atoms with E-state index in [1.54, 1.807) is 17.0 Å². The van der Waals surface area contributed by atoms with Crippen LogP contribution in [0.1, 0.15) is 0 Å². The minimum atomic E-state index is -0.389. The summed E-state index contributed by atoms with van der Waals surface area (Å²) in [5.74, 6) is -0.0533. The number of carbonyl (C=O) groups is 2. The first-order valence-corrected chi connectivity index (χ1v) is 6.44. The molecule has 1 radical (unpaired) electrons. The summed E-state index contributed by atoms with van der Waals surface area (Å²) in [6, 6.07) is 7.25. The van der Waals surface area contributed by atoms with Crippen molar-refractivity contribution in [2.45, 2.75) is 6.10 Å². The number of benzene rings is 1. The van der Waals surface area contributed by atoms with Crippen LogP contribution in [0.5, 0.6) is 0 Å². The first-order chi connectivity index (χ1) is 9.65. The standard InChI is InChI=1S/C14H15N2O4/c1-10-8-16(14(18)20-10)12-4-2-11(3-5-12)15-6-7-19-9-13(15)17/h2-5,10H,1,6-9H2/t10-/m0/s1. The second-order valence-electron chi connectivity index (χ2n) is 4.73. The second-order valence-corrected chi connectivity index (χ2v) is 4.73. The third kappa shape index (κ3) is 2.34. The van der Waals surface area contributed by atoms with Gasteiger partial charge in [0.25, 0.3) is 5.91 Å². The van der Waals surface area contributed by atoms with Gasteiger partial charge < -0.3 is 14.4 Å². The number of nitrogens with zero attached hydrogens (tertiary/aromatic N) is 2. The van der Waals surface area contributed by atoms with Gasteiger partial charge in [-0.1, -0.05) is 0 Å². The Hall–Kier alpha value is -2.08. The molecular formula is C14H15N2O4. The molecule has 0 bridgehead atoms. The highest BCUT2D eigenvalue weighted by Gasteiger charge is 2.29. The summed E-state index contributed by atoms with van der Waals surface area (Å²) in [5, 5.41) is 0. The molecule has 0 spiro atoms. The van der Waals surface area contributed by atoms with E-state index in [-0.39, 0.29) is 24.7 Å². The van der Waals surface area contributed by atoms with E-state index in [9.17, 15) is 9.59 Å². The van der Waals surface area contributed by atoms with Crippen molar-refractivity contribution in [3.63, 3.8) is 0 Å². The number of cyclic esters (lactones) is 1. The molecular weight excluding hydrogens is 260 g/mol. The van der Waals surface area contributed by atoms with E-state index in [0.717, 1.165) is 11.4 Å². The zero-order chi connectivity index (χ0) is 14.1. The summed E-state index contributed by atoms with van der Waals surface area (Å²) >= 11 is 0. The van der Waals surface area contributed by atoms with Gasteiger partial charge in [0.2, 0.25) is 0 Å². The van der Waals surface area contributed by atoms with Crippen LogP contribution < -0.4 is 9.80 Å². The second kappa shape index (κ2) is 5.13. The molecule has 0 N–H and O–H groups in total. The van der Waals surface area contributed by atoms with E-state index in [2.05, 4.69) is 6.92 Å². The molecule has 2 heterocycles. The molecule has 1 aromatic rings. The lowest BCUT2D eigenvalue weighted by atomic mass is 10.2. The minimum Gasteiger partial charge on any atom is -0.444 e. The van der Waals surface area contributed by atoms with E-state index < -0.39 is 0 Å². The number of hydrogen-bond donors (Lipinski definition) is 0. The van der Waals surface area contributed by atoms with Gasteiger partial charge in [0, 0.05) is 17.9 Å². The molecule has 2 aliphatic rings. The molecule has 6 nitrogen and oxygen atoms in total. The van der Waals surface area contributed by atoms with Gasteiger partial charge in [0.15, 0.2) is 0 Å². The fourth-order valence-electron chi connectivity index (χ4n) is 2.34. The van der Waals surface area contributed by atoms with Gasteiger partial charge in [0.1, 0.15) is 12.7 Å². The van der Waals surface area contributed by atoms with Gasteiger partial charge in [-0.2, -0.15) is 0 Å². The van der Waals surface area contributed by atoms with E-state index in [0.29, 0.717) is 19.7 Å². The average Bonchev–Trinajstić information content (AvgIpc) is 2.79. The summed E-state index contributed by atoms with van der Waals surface area (Å²) < 4.78 is 10.1. The monoisotopic (exact) mass is 275 g/mol. The number of ether oxygens (including phenoxy) is 2. The van der Waals surface area contributed by atoms with Crippen LogP contribution >= 0.6 is 0 Å². The van der Waals surface area contributed by atoms with Gasteiger partial charge in [-0.15, -0.1) is 0 Å². The lowest BCUT2D eigenvalue weighted by Gasteiger charge is -2.27. The number of hydrogen-bond acceptors (Lipinski definition) is 4. The smallest absolute Gasteiger partial charge is 0.414 e. The molecule has 2 aliphatic heterocycles. The molecule has 1 aromatic carbocycles. The van der Waals surface area contributed by atoms with E-state index in [4.69, 9.17) is 9.47 Å². The molecule has 0 unspecified atom stereocenters. The zero-order valence-corrected chi connectivity index (χ0v) is 10.9. The van der Waals surface area contributed by atoms with Gasteiger partial charge >= 0.3 is 6.09 Å². The van der Waals surface area contributed by atoms with Crippen LogP contribution in [0.2, 0.25) is 0 Å². The molecule has 2 saturated heterocycles. The largest absolute Gasteiger partial charge is 0.444 e. The molecule has 6 heteroatoms.